The van der Waals surface area contributed by atoms with E-state index >= 15 is 0 Å². The van der Waals surface area contributed by atoms with Crippen LogP contribution in [0.1, 0.15) is 37.4 Å². The Bertz CT molecular complexity index is 1120. The summed E-state index contributed by atoms with van der Waals surface area (Å²) in [6.45, 7) is 4.24. The first-order valence-corrected chi connectivity index (χ1v) is 13.2. The summed E-state index contributed by atoms with van der Waals surface area (Å²) in [6.07, 6.45) is 6.22. The molecule has 0 saturated carbocycles. The van der Waals surface area contributed by atoms with Gasteiger partial charge < -0.3 is 10.2 Å². The Hall–Kier alpha value is -2.39. The molecule has 0 bridgehead atoms. The molecule has 3 heterocycles. The van der Waals surface area contributed by atoms with Crippen LogP contribution in [0.4, 0.5) is 5.13 Å². The second-order valence-electron chi connectivity index (χ2n) is 8.07. The van der Waals surface area contributed by atoms with Gasteiger partial charge in [0.1, 0.15) is 0 Å². The molecule has 4 rings (SSSR count). The lowest BCUT2D eigenvalue weighted by molar-refractivity contribution is -0.125. The highest BCUT2D eigenvalue weighted by Gasteiger charge is 2.26. The van der Waals surface area contributed by atoms with E-state index in [9.17, 15) is 9.59 Å². The number of carbonyl (C=O) groups is 1. The van der Waals surface area contributed by atoms with Gasteiger partial charge in [-0.3, -0.25) is 9.59 Å². The number of hydrogen-bond acceptors (Lipinski definition) is 7. The number of carbonyl (C=O) groups excluding carboxylic acids is 1. The van der Waals surface area contributed by atoms with Gasteiger partial charge in [-0.15, -0.1) is 16.9 Å². The van der Waals surface area contributed by atoms with E-state index in [2.05, 4.69) is 57.7 Å². The summed E-state index contributed by atoms with van der Waals surface area (Å²) >= 11 is 3.18. The van der Waals surface area contributed by atoms with Crippen LogP contribution in [-0.4, -0.2) is 46.4 Å². The Morgan fingerprint density at radius 2 is 1.97 bits per heavy atom. The SMILES string of the molecule is CCCc1cc(=O)n2nc(N3CCC(C(=O)NCCc4ccc(SC)cc4)CC3)sc2n1. The van der Waals surface area contributed by atoms with Gasteiger partial charge in [-0.05, 0) is 49.6 Å². The van der Waals surface area contributed by atoms with Crippen molar-refractivity contribution in [2.24, 2.45) is 5.92 Å². The number of aryl methyl sites for hydroxylation is 1. The summed E-state index contributed by atoms with van der Waals surface area (Å²) in [7, 11) is 0. The fourth-order valence-electron chi connectivity index (χ4n) is 3.96. The Kier molecular flexibility index (Phi) is 7.47. The quantitative estimate of drug-likeness (QED) is 0.507. The number of aromatic nitrogens is 3. The van der Waals surface area contributed by atoms with Crippen molar-refractivity contribution in [3.8, 4) is 0 Å². The summed E-state index contributed by atoms with van der Waals surface area (Å²) in [5.41, 5.74) is 1.93. The fraction of sp³-hybridized carbons (Fsp3) is 0.478. The molecule has 1 fully saturated rings. The molecule has 7 nitrogen and oxygen atoms in total. The number of thioether (sulfide) groups is 1. The summed E-state index contributed by atoms with van der Waals surface area (Å²) in [6, 6.07) is 10.1. The molecule has 170 valence electrons. The number of rotatable bonds is 8. The minimum atomic E-state index is -0.127. The number of amides is 1. The Morgan fingerprint density at radius 3 is 2.66 bits per heavy atom. The van der Waals surface area contributed by atoms with Crippen molar-refractivity contribution in [2.75, 3.05) is 30.8 Å². The maximum atomic E-state index is 12.6. The Balaban J connectivity index is 1.29. The Morgan fingerprint density at radius 1 is 1.22 bits per heavy atom. The van der Waals surface area contributed by atoms with Crippen molar-refractivity contribution in [3.63, 3.8) is 0 Å². The number of nitrogens with zero attached hydrogens (tertiary/aromatic N) is 4. The van der Waals surface area contributed by atoms with E-state index in [1.807, 2.05) is 0 Å². The molecule has 1 aromatic carbocycles. The lowest BCUT2D eigenvalue weighted by Crippen LogP contribution is -2.41. The van der Waals surface area contributed by atoms with Gasteiger partial charge in [0.25, 0.3) is 5.56 Å². The zero-order valence-corrected chi connectivity index (χ0v) is 20.2. The number of fused-ring (bicyclic) bond motifs is 1. The molecular weight excluding hydrogens is 442 g/mol. The van der Waals surface area contributed by atoms with Gasteiger partial charge in [-0.1, -0.05) is 36.8 Å². The van der Waals surface area contributed by atoms with Crippen LogP contribution in [0.25, 0.3) is 4.96 Å². The lowest BCUT2D eigenvalue weighted by Gasteiger charge is -2.30. The smallest absolute Gasteiger partial charge is 0.275 e. The van der Waals surface area contributed by atoms with E-state index in [1.165, 1.54) is 26.3 Å². The van der Waals surface area contributed by atoms with Crippen molar-refractivity contribution in [2.45, 2.75) is 43.9 Å². The van der Waals surface area contributed by atoms with Crippen LogP contribution in [0.3, 0.4) is 0 Å². The molecular formula is C23H29N5O2S2. The zero-order valence-electron chi connectivity index (χ0n) is 18.5. The third kappa shape index (κ3) is 5.32. The summed E-state index contributed by atoms with van der Waals surface area (Å²) < 4.78 is 1.39. The highest BCUT2D eigenvalue weighted by Crippen LogP contribution is 2.27. The van der Waals surface area contributed by atoms with E-state index < -0.39 is 0 Å². The average Bonchev–Trinajstić information content (AvgIpc) is 3.25. The van der Waals surface area contributed by atoms with Crippen molar-refractivity contribution in [3.05, 3.63) is 51.9 Å². The van der Waals surface area contributed by atoms with Gasteiger partial charge in [-0.25, -0.2) is 4.98 Å². The van der Waals surface area contributed by atoms with E-state index in [1.54, 1.807) is 17.8 Å². The van der Waals surface area contributed by atoms with Gasteiger partial charge in [0.05, 0.1) is 0 Å². The number of piperidine rings is 1. The summed E-state index contributed by atoms with van der Waals surface area (Å²) in [4.78, 5) is 33.6. The number of benzene rings is 1. The molecule has 0 aliphatic carbocycles. The summed E-state index contributed by atoms with van der Waals surface area (Å²) in [5.74, 6) is 0.160. The normalized spacial score (nSPS) is 14.8. The maximum absolute atomic E-state index is 12.6. The topological polar surface area (TPSA) is 79.6 Å². The highest BCUT2D eigenvalue weighted by molar-refractivity contribution is 7.98. The zero-order chi connectivity index (χ0) is 22.5. The lowest BCUT2D eigenvalue weighted by atomic mass is 9.96. The number of nitrogens with one attached hydrogen (secondary N) is 1. The minimum Gasteiger partial charge on any atom is -0.356 e. The maximum Gasteiger partial charge on any atom is 0.275 e. The molecule has 1 aliphatic rings. The van der Waals surface area contributed by atoms with Crippen molar-refractivity contribution >= 4 is 39.1 Å². The third-order valence-electron chi connectivity index (χ3n) is 5.80. The third-order valence-corrected chi connectivity index (χ3v) is 7.51. The van der Waals surface area contributed by atoms with Crippen LogP contribution in [-0.2, 0) is 17.6 Å². The van der Waals surface area contributed by atoms with Crippen LogP contribution in [0.5, 0.6) is 0 Å². The molecule has 1 N–H and O–H groups in total. The van der Waals surface area contributed by atoms with E-state index in [0.717, 1.165) is 56.0 Å². The molecule has 0 atom stereocenters. The second-order valence-corrected chi connectivity index (χ2v) is 9.88. The molecule has 1 aliphatic heterocycles. The molecule has 3 aromatic rings. The first kappa shape index (κ1) is 22.8. The standard InChI is InChI=1S/C23H29N5O2S2/c1-3-4-18-15-20(29)28-22(25-18)32-23(26-28)27-13-10-17(11-14-27)21(30)24-12-9-16-5-7-19(31-2)8-6-16/h5-8,15,17H,3-4,9-14H2,1-2H3,(H,24,30). The highest BCUT2D eigenvalue weighted by atomic mass is 32.2. The summed E-state index contributed by atoms with van der Waals surface area (Å²) in [5, 5.41) is 8.39. The largest absolute Gasteiger partial charge is 0.356 e. The predicted octanol–water partition coefficient (Wildman–Crippen LogP) is 3.40. The van der Waals surface area contributed by atoms with Crippen LogP contribution in [0.15, 0.2) is 40.0 Å². The van der Waals surface area contributed by atoms with Crippen molar-refractivity contribution in [1.29, 1.82) is 0 Å². The van der Waals surface area contributed by atoms with Gasteiger partial charge in [0.15, 0.2) is 0 Å². The van der Waals surface area contributed by atoms with E-state index in [4.69, 9.17) is 0 Å². The molecule has 32 heavy (non-hydrogen) atoms. The van der Waals surface area contributed by atoms with Gasteiger partial charge in [0, 0.05) is 42.2 Å². The van der Waals surface area contributed by atoms with Crippen LogP contribution >= 0.6 is 23.1 Å². The monoisotopic (exact) mass is 471 g/mol. The first-order valence-electron chi connectivity index (χ1n) is 11.1. The second kappa shape index (κ2) is 10.5. The molecule has 0 unspecified atom stereocenters. The Labute approximate surface area is 196 Å². The van der Waals surface area contributed by atoms with Gasteiger partial charge in [0.2, 0.25) is 16.0 Å². The molecule has 1 amide bonds. The molecule has 0 radical (unpaired) electrons. The average molecular weight is 472 g/mol. The van der Waals surface area contributed by atoms with Crippen LogP contribution in [0.2, 0.25) is 0 Å². The van der Waals surface area contributed by atoms with Crippen LogP contribution < -0.4 is 15.8 Å². The minimum absolute atomic E-state index is 0.0245. The first-order chi connectivity index (χ1) is 15.6. The molecule has 9 heteroatoms. The van der Waals surface area contributed by atoms with E-state index in [-0.39, 0.29) is 17.4 Å². The number of anilines is 1. The molecule has 1 saturated heterocycles. The fourth-order valence-corrected chi connectivity index (χ4v) is 5.34. The molecule has 2 aromatic heterocycles. The van der Waals surface area contributed by atoms with Crippen LogP contribution in [0, 0.1) is 5.92 Å². The number of hydrogen-bond donors (Lipinski definition) is 1. The van der Waals surface area contributed by atoms with Gasteiger partial charge >= 0.3 is 0 Å². The van der Waals surface area contributed by atoms with Crippen molar-refractivity contribution in [1.82, 2.24) is 19.9 Å². The van der Waals surface area contributed by atoms with Gasteiger partial charge in [-0.2, -0.15) is 4.52 Å². The molecule has 0 spiro atoms. The predicted molar refractivity (Wildman–Crippen MR) is 131 cm³/mol. The van der Waals surface area contributed by atoms with E-state index in [0.29, 0.717) is 11.5 Å². The van der Waals surface area contributed by atoms with Crippen molar-refractivity contribution < 1.29 is 4.79 Å².